The second kappa shape index (κ2) is 5.26. The van der Waals surface area contributed by atoms with Crippen molar-refractivity contribution in [3.05, 3.63) is 35.4 Å². The minimum absolute atomic E-state index is 0.0848. The highest BCUT2D eigenvalue weighted by molar-refractivity contribution is 5.34. The van der Waals surface area contributed by atoms with Crippen LogP contribution in [0.15, 0.2) is 24.3 Å². The van der Waals surface area contributed by atoms with E-state index in [4.69, 9.17) is 0 Å². The summed E-state index contributed by atoms with van der Waals surface area (Å²) in [7, 11) is 2.21. The van der Waals surface area contributed by atoms with E-state index in [1.807, 2.05) is 0 Å². The second-order valence-electron chi connectivity index (χ2n) is 6.50. The van der Waals surface area contributed by atoms with Crippen LogP contribution in [0, 0.1) is 0 Å². The van der Waals surface area contributed by atoms with Crippen molar-refractivity contribution in [2.24, 2.45) is 0 Å². The minimum Gasteiger partial charge on any atom is -0.395 e. The third-order valence-electron chi connectivity index (χ3n) is 5.30. The second-order valence-corrected chi connectivity index (χ2v) is 6.50. The van der Waals surface area contributed by atoms with Gasteiger partial charge in [-0.25, -0.2) is 0 Å². The summed E-state index contributed by atoms with van der Waals surface area (Å²) in [4.78, 5) is 2.42. The van der Waals surface area contributed by atoms with Gasteiger partial charge >= 0.3 is 0 Å². The number of rotatable bonds is 3. The number of likely N-dealkylation sites (tertiary alicyclic amines) is 1. The third kappa shape index (κ3) is 2.44. The molecule has 1 heterocycles. The van der Waals surface area contributed by atoms with Gasteiger partial charge < -0.3 is 10.0 Å². The molecule has 1 aromatic rings. The SMILES string of the molecule is CN1CCC(c2cccc(C3(CO)CCC3)c2)CC1. The molecular formula is C17H25NO. The van der Waals surface area contributed by atoms with Gasteiger partial charge in [0.15, 0.2) is 0 Å². The van der Waals surface area contributed by atoms with Gasteiger partial charge in [0.2, 0.25) is 0 Å². The van der Waals surface area contributed by atoms with Crippen LogP contribution < -0.4 is 0 Å². The summed E-state index contributed by atoms with van der Waals surface area (Å²) < 4.78 is 0. The van der Waals surface area contributed by atoms with Crippen LogP contribution in [0.25, 0.3) is 0 Å². The fourth-order valence-electron chi connectivity index (χ4n) is 3.61. The van der Waals surface area contributed by atoms with E-state index < -0.39 is 0 Å². The predicted molar refractivity (Wildman–Crippen MR) is 78.5 cm³/mol. The molecule has 19 heavy (non-hydrogen) atoms. The number of aliphatic hydroxyl groups excluding tert-OH is 1. The van der Waals surface area contributed by atoms with Crippen molar-refractivity contribution < 1.29 is 5.11 Å². The van der Waals surface area contributed by atoms with Crippen molar-refractivity contribution in [1.82, 2.24) is 4.90 Å². The lowest BCUT2D eigenvalue weighted by Gasteiger charge is -2.41. The van der Waals surface area contributed by atoms with Crippen LogP contribution in [0.4, 0.5) is 0 Å². The fourth-order valence-corrected chi connectivity index (χ4v) is 3.61. The Morgan fingerprint density at radius 1 is 1.26 bits per heavy atom. The highest BCUT2D eigenvalue weighted by Crippen LogP contribution is 2.44. The molecule has 1 aromatic carbocycles. The van der Waals surface area contributed by atoms with Crippen LogP contribution in [0.2, 0.25) is 0 Å². The summed E-state index contributed by atoms with van der Waals surface area (Å²) in [5.74, 6) is 0.715. The zero-order chi connectivity index (χ0) is 13.3. The van der Waals surface area contributed by atoms with Gasteiger partial charge in [0, 0.05) is 5.41 Å². The summed E-state index contributed by atoms with van der Waals surface area (Å²) in [5.41, 5.74) is 2.95. The van der Waals surface area contributed by atoms with Gasteiger partial charge in [0.1, 0.15) is 0 Å². The standard InChI is InChI=1S/C17H25NO/c1-18-10-6-14(7-11-18)15-4-2-5-16(12-15)17(13-19)8-3-9-17/h2,4-5,12,14,19H,3,6-11,13H2,1H3. The zero-order valence-corrected chi connectivity index (χ0v) is 11.9. The van der Waals surface area contributed by atoms with E-state index in [1.165, 1.54) is 43.5 Å². The zero-order valence-electron chi connectivity index (χ0n) is 11.9. The number of hydrogen-bond donors (Lipinski definition) is 1. The van der Waals surface area contributed by atoms with Gasteiger partial charge in [-0.15, -0.1) is 0 Å². The Morgan fingerprint density at radius 2 is 2.00 bits per heavy atom. The molecule has 1 aliphatic carbocycles. The van der Waals surface area contributed by atoms with E-state index in [0.29, 0.717) is 12.5 Å². The van der Waals surface area contributed by atoms with Crippen molar-refractivity contribution in [1.29, 1.82) is 0 Å². The largest absolute Gasteiger partial charge is 0.395 e. The fraction of sp³-hybridized carbons (Fsp3) is 0.647. The summed E-state index contributed by atoms with van der Waals surface area (Å²) in [5, 5.41) is 9.72. The molecular weight excluding hydrogens is 234 g/mol. The average molecular weight is 259 g/mol. The Kier molecular flexibility index (Phi) is 3.64. The van der Waals surface area contributed by atoms with Crippen molar-refractivity contribution in [3.63, 3.8) is 0 Å². The van der Waals surface area contributed by atoms with Crippen LogP contribution in [-0.2, 0) is 5.41 Å². The first-order chi connectivity index (χ1) is 9.23. The summed E-state index contributed by atoms with van der Waals surface area (Å²) >= 11 is 0. The predicted octanol–water partition coefficient (Wildman–Crippen LogP) is 2.91. The molecule has 1 saturated heterocycles. The number of hydrogen-bond acceptors (Lipinski definition) is 2. The van der Waals surface area contributed by atoms with E-state index in [0.717, 1.165) is 12.8 Å². The number of piperidine rings is 1. The molecule has 0 bridgehead atoms. The van der Waals surface area contributed by atoms with E-state index in [-0.39, 0.29) is 5.41 Å². The third-order valence-corrected chi connectivity index (χ3v) is 5.30. The maximum absolute atomic E-state index is 9.72. The summed E-state index contributed by atoms with van der Waals surface area (Å²) in [6.45, 7) is 2.73. The Balaban J connectivity index is 1.80. The maximum Gasteiger partial charge on any atom is 0.0527 e. The molecule has 1 N–H and O–H groups in total. The smallest absolute Gasteiger partial charge is 0.0527 e. The van der Waals surface area contributed by atoms with Gasteiger partial charge in [0.05, 0.1) is 6.61 Å². The molecule has 2 heteroatoms. The number of benzene rings is 1. The van der Waals surface area contributed by atoms with Crippen molar-refractivity contribution in [2.45, 2.75) is 43.4 Å². The van der Waals surface area contributed by atoms with Crippen molar-refractivity contribution >= 4 is 0 Å². The normalized spacial score (nSPS) is 24.1. The Morgan fingerprint density at radius 3 is 2.58 bits per heavy atom. The lowest BCUT2D eigenvalue weighted by Crippen LogP contribution is -2.38. The molecule has 0 unspecified atom stereocenters. The molecule has 0 spiro atoms. The van der Waals surface area contributed by atoms with Gasteiger partial charge in [-0.1, -0.05) is 30.7 Å². The van der Waals surface area contributed by atoms with Crippen LogP contribution >= 0.6 is 0 Å². The molecule has 0 aromatic heterocycles. The van der Waals surface area contributed by atoms with Crippen molar-refractivity contribution in [2.75, 3.05) is 26.7 Å². The molecule has 0 radical (unpaired) electrons. The molecule has 104 valence electrons. The first kappa shape index (κ1) is 13.1. The highest BCUT2D eigenvalue weighted by Gasteiger charge is 2.38. The summed E-state index contributed by atoms with van der Waals surface area (Å²) in [6, 6.07) is 9.07. The van der Waals surface area contributed by atoms with Crippen LogP contribution in [-0.4, -0.2) is 36.8 Å². The van der Waals surface area contributed by atoms with Gasteiger partial charge in [-0.05, 0) is 62.9 Å². The molecule has 0 atom stereocenters. The molecule has 2 nitrogen and oxygen atoms in total. The topological polar surface area (TPSA) is 23.5 Å². The van der Waals surface area contributed by atoms with Crippen LogP contribution in [0.3, 0.4) is 0 Å². The monoisotopic (exact) mass is 259 g/mol. The Bertz CT molecular complexity index is 425. The lowest BCUT2D eigenvalue weighted by atomic mass is 9.64. The first-order valence-electron chi connectivity index (χ1n) is 7.63. The van der Waals surface area contributed by atoms with Gasteiger partial charge in [0.25, 0.3) is 0 Å². The minimum atomic E-state index is 0.0848. The van der Waals surface area contributed by atoms with Crippen molar-refractivity contribution in [3.8, 4) is 0 Å². The van der Waals surface area contributed by atoms with Gasteiger partial charge in [-0.3, -0.25) is 0 Å². The number of aliphatic hydroxyl groups is 1. The van der Waals surface area contributed by atoms with Crippen LogP contribution in [0.5, 0.6) is 0 Å². The maximum atomic E-state index is 9.72. The van der Waals surface area contributed by atoms with Gasteiger partial charge in [-0.2, -0.15) is 0 Å². The van der Waals surface area contributed by atoms with Crippen LogP contribution in [0.1, 0.15) is 49.1 Å². The first-order valence-corrected chi connectivity index (χ1v) is 7.63. The van der Waals surface area contributed by atoms with E-state index in [1.54, 1.807) is 0 Å². The summed E-state index contributed by atoms with van der Waals surface area (Å²) in [6.07, 6.45) is 6.11. The van der Waals surface area contributed by atoms with E-state index in [2.05, 4.69) is 36.2 Å². The molecule has 3 rings (SSSR count). The van der Waals surface area contributed by atoms with E-state index in [9.17, 15) is 5.11 Å². The molecule has 1 saturated carbocycles. The Hall–Kier alpha value is -0.860. The molecule has 2 aliphatic rings. The average Bonchev–Trinajstić information content (AvgIpc) is 2.39. The number of nitrogens with zero attached hydrogens (tertiary/aromatic N) is 1. The quantitative estimate of drug-likeness (QED) is 0.902. The molecule has 0 amide bonds. The Labute approximate surface area is 116 Å². The van der Waals surface area contributed by atoms with E-state index >= 15 is 0 Å². The lowest BCUT2D eigenvalue weighted by molar-refractivity contribution is 0.120. The molecule has 2 fully saturated rings. The molecule has 1 aliphatic heterocycles. The highest BCUT2D eigenvalue weighted by atomic mass is 16.3.